The number of benzene rings is 1. The minimum absolute atomic E-state index is 0.485. The Morgan fingerprint density at radius 3 is 2.54 bits per heavy atom. The van der Waals surface area contributed by atoms with E-state index in [0.29, 0.717) is 5.75 Å². The van der Waals surface area contributed by atoms with E-state index in [-0.39, 0.29) is 0 Å². The third kappa shape index (κ3) is 3.38. The SMILES string of the molecule is COc1ccc(CSC(=O)O)cc1. The molecule has 0 fully saturated rings. The number of hydrogen-bond acceptors (Lipinski definition) is 3. The highest BCUT2D eigenvalue weighted by Gasteiger charge is 1.99. The zero-order valence-electron chi connectivity index (χ0n) is 7.19. The van der Waals surface area contributed by atoms with Gasteiger partial charge in [0.15, 0.2) is 0 Å². The summed E-state index contributed by atoms with van der Waals surface area (Å²) in [4.78, 5) is 10.2. The fraction of sp³-hybridized carbons (Fsp3) is 0.222. The normalized spacial score (nSPS) is 9.62. The molecule has 0 aromatic heterocycles. The van der Waals surface area contributed by atoms with E-state index in [9.17, 15) is 4.79 Å². The number of methoxy groups -OCH3 is 1. The van der Waals surface area contributed by atoms with Crippen LogP contribution in [0.5, 0.6) is 5.75 Å². The zero-order valence-corrected chi connectivity index (χ0v) is 8.00. The Kier molecular flexibility index (Phi) is 3.64. The Hall–Kier alpha value is -1.16. The fourth-order valence-electron chi connectivity index (χ4n) is 0.867. The van der Waals surface area contributed by atoms with Crippen molar-refractivity contribution in [2.24, 2.45) is 0 Å². The minimum Gasteiger partial charge on any atom is -0.497 e. The van der Waals surface area contributed by atoms with Gasteiger partial charge in [0.05, 0.1) is 7.11 Å². The molecule has 1 N–H and O–H groups in total. The summed E-state index contributed by atoms with van der Waals surface area (Å²) in [5.74, 6) is 1.27. The van der Waals surface area contributed by atoms with Gasteiger partial charge in [0.1, 0.15) is 5.75 Å². The van der Waals surface area contributed by atoms with Crippen LogP contribution in [0.2, 0.25) is 0 Å². The summed E-state index contributed by atoms with van der Waals surface area (Å²) in [7, 11) is 1.60. The van der Waals surface area contributed by atoms with Crippen LogP contribution >= 0.6 is 11.8 Å². The van der Waals surface area contributed by atoms with Crippen LogP contribution in [0.1, 0.15) is 5.56 Å². The molecule has 0 aliphatic heterocycles. The molecule has 0 aliphatic rings. The molecule has 1 rings (SSSR count). The highest BCUT2D eigenvalue weighted by atomic mass is 32.2. The Morgan fingerprint density at radius 2 is 2.08 bits per heavy atom. The average Bonchev–Trinajstić information content (AvgIpc) is 2.15. The fourth-order valence-corrected chi connectivity index (χ4v) is 1.35. The highest BCUT2D eigenvalue weighted by Crippen LogP contribution is 2.16. The van der Waals surface area contributed by atoms with Crippen LogP contribution in [0.15, 0.2) is 24.3 Å². The summed E-state index contributed by atoms with van der Waals surface area (Å²) in [5.41, 5.74) is 0.980. The van der Waals surface area contributed by atoms with Crippen molar-refractivity contribution in [1.82, 2.24) is 0 Å². The molecule has 0 aliphatic carbocycles. The van der Waals surface area contributed by atoms with Crippen molar-refractivity contribution in [1.29, 1.82) is 0 Å². The molecule has 0 saturated carbocycles. The van der Waals surface area contributed by atoms with E-state index in [0.717, 1.165) is 23.1 Å². The lowest BCUT2D eigenvalue weighted by molar-refractivity contribution is 0.222. The van der Waals surface area contributed by atoms with Crippen LogP contribution in [0.25, 0.3) is 0 Å². The molecule has 0 radical (unpaired) electrons. The van der Waals surface area contributed by atoms with Crippen molar-refractivity contribution >= 4 is 17.1 Å². The first-order valence-electron chi connectivity index (χ1n) is 3.71. The van der Waals surface area contributed by atoms with Crippen LogP contribution in [0.3, 0.4) is 0 Å². The van der Waals surface area contributed by atoms with E-state index in [2.05, 4.69) is 0 Å². The summed E-state index contributed by atoms with van der Waals surface area (Å²) >= 11 is 0.874. The molecule has 0 amide bonds. The highest BCUT2D eigenvalue weighted by molar-refractivity contribution is 8.12. The molecule has 70 valence electrons. The molecule has 0 unspecified atom stereocenters. The molecule has 0 heterocycles. The molecule has 3 nitrogen and oxygen atoms in total. The standard InChI is InChI=1S/C9H10O3S/c1-12-8-4-2-7(3-5-8)6-13-9(10)11/h2-5H,6H2,1H3,(H,10,11). The number of rotatable bonds is 3. The topological polar surface area (TPSA) is 46.5 Å². The predicted octanol–water partition coefficient (Wildman–Crippen LogP) is 2.61. The minimum atomic E-state index is -0.851. The molecular weight excluding hydrogens is 188 g/mol. The summed E-state index contributed by atoms with van der Waals surface area (Å²) in [6.45, 7) is 0. The first kappa shape index (κ1) is 9.92. The Bertz CT molecular complexity index is 281. The van der Waals surface area contributed by atoms with Crippen LogP contribution in [0, 0.1) is 0 Å². The zero-order chi connectivity index (χ0) is 9.68. The Balaban J connectivity index is 2.54. The van der Waals surface area contributed by atoms with Crippen LogP contribution in [-0.4, -0.2) is 17.5 Å². The Morgan fingerprint density at radius 1 is 1.46 bits per heavy atom. The first-order chi connectivity index (χ1) is 6.22. The number of thioether (sulfide) groups is 1. The predicted molar refractivity (Wildman–Crippen MR) is 52.3 cm³/mol. The monoisotopic (exact) mass is 198 g/mol. The first-order valence-corrected chi connectivity index (χ1v) is 4.69. The van der Waals surface area contributed by atoms with Crippen molar-refractivity contribution in [3.63, 3.8) is 0 Å². The van der Waals surface area contributed by atoms with E-state index >= 15 is 0 Å². The van der Waals surface area contributed by atoms with E-state index in [1.165, 1.54) is 0 Å². The maximum absolute atomic E-state index is 10.2. The van der Waals surface area contributed by atoms with Gasteiger partial charge >= 0.3 is 5.30 Å². The van der Waals surface area contributed by atoms with Gasteiger partial charge in [-0.2, -0.15) is 0 Å². The van der Waals surface area contributed by atoms with Crippen molar-refractivity contribution in [2.75, 3.05) is 7.11 Å². The van der Waals surface area contributed by atoms with Crippen molar-refractivity contribution < 1.29 is 14.6 Å². The number of ether oxygens (including phenoxy) is 1. The van der Waals surface area contributed by atoms with Gasteiger partial charge in [-0.25, -0.2) is 4.79 Å². The molecule has 1 aromatic carbocycles. The molecule has 0 atom stereocenters. The van der Waals surface area contributed by atoms with E-state index < -0.39 is 5.30 Å². The number of carboxylic acid groups (broad SMARTS) is 1. The second-order valence-electron chi connectivity index (χ2n) is 2.40. The molecule has 13 heavy (non-hydrogen) atoms. The van der Waals surface area contributed by atoms with Gasteiger partial charge in [-0.05, 0) is 29.5 Å². The van der Waals surface area contributed by atoms with Gasteiger partial charge in [-0.1, -0.05) is 12.1 Å². The van der Waals surface area contributed by atoms with Gasteiger partial charge in [0.2, 0.25) is 0 Å². The largest absolute Gasteiger partial charge is 0.497 e. The Labute approximate surface area is 80.7 Å². The average molecular weight is 198 g/mol. The lowest BCUT2D eigenvalue weighted by Crippen LogP contribution is -1.87. The van der Waals surface area contributed by atoms with Gasteiger partial charge in [-0.3, -0.25) is 0 Å². The summed E-state index contributed by atoms with van der Waals surface area (Å²) < 4.78 is 4.97. The van der Waals surface area contributed by atoms with Crippen molar-refractivity contribution in [2.45, 2.75) is 5.75 Å². The molecular formula is C9H10O3S. The van der Waals surface area contributed by atoms with Crippen molar-refractivity contribution in [3.05, 3.63) is 29.8 Å². The maximum Gasteiger partial charge on any atom is 0.365 e. The van der Waals surface area contributed by atoms with Crippen LogP contribution in [-0.2, 0) is 5.75 Å². The molecule has 1 aromatic rings. The maximum atomic E-state index is 10.2. The number of hydrogen-bond donors (Lipinski definition) is 1. The second-order valence-corrected chi connectivity index (χ2v) is 3.33. The quantitative estimate of drug-likeness (QED) is 0.810. The van der Waals surface area contributed by atoms with Gasteiger partial charge in [0, 0.05) is 5.75 Å². The molecule has 0 bridgehead atoms. The van der Waals surface area contributed by atoms with Crippen molar-refractivity contribution in [3.8, 4) is 5.75 Å². The van der Waals surface area contributed by atoms with Gasteiger partial charge in [0.25, 0.3) is 0 Å². The lowest BCUT2D eigenvalue weighted by Gasteiger charge is -2.00. The summed E-state index contributed by atoms with van der Waals surface area (Å²) in [5, 5.41) is 7.56. The van der Waals surface area contributed by atoms with E-state index in [1.54, 1.807) is 7.11 Å². The van der Waals surface area contributed by atoms with E-state index in [1.807, 2.05) is 24.3 Å². The van der Waals surface area contributed by atoms with E-state index in [4.69, 9.17) is 9.84 Å². The van der Waals surface area contributed by atoms with Gasteiger partial charge < -0.3 is 9.84 Å². The molecule has 0 spiro atoms. The summed E-state index contributed by atoms with van der Waals surface area (Å²) in [6.07, 6.45) is 0. The van der Waals surface area contributed by atoms with Gasteiger partial charge in [-0.15, -0.1) is 0 Å². The molecule has 0 saturated heterocycles. The second kappa shape index (κ2) is 4.77. The summed E-state index contributed by atoms with van der Waals surface area (Å²) in [6, 6.07) is 7.35. The number of carbonyl (C=O) groups is 1. The van der Waals surface area contributed by atoms with Crippen LogP contribution < -0.4 is 4.74 Å². The van der Waals surface area contributed by atoms with Crippen LogP contribution in [0.4, 0.5) is 4.79 Å². The third-order valence-corrected chi connectivity index (χ3v) is 2.25. The lowest BCUT2D eigenvalue weighted by atomic mass is 10.2. The molecule has 4 heteroatoms. The smallest absolute Gasteiger partial charge is 0.365 e. The third-order valence-electron chi connectivity index (χ3n) is 1.52.